The third-order valence-electron chi connectivity index (χ3n) is 5.91. The molecule has 1 saturated carbocycles. The van der Waals surface area contributed by atoms with Crippen molar-refractivity contribution in [3.8, 4) is 6.07 Å². The minimum atomic E-state index is -1.06. The van der Waals surface area contributed by atoms with E-state index in [1.165, 1.54) is 0 Å². The highest BCUT2D eigenvalue weighted by Gasteiger charge is 2.38. The van der Waals surface area contributed by atoms with Gasteiger partial charge in [-0.15, -0.1) is 0 Å². The fourth-order valence-electron chi connectivity index (χ4n) is 4.14. The lowest BCUT2D eigenvalue weighted by Gasteiger charge is -2.41. The smallest absolute Gasteiger partial charge is 0.322 e. The number of hydrogen-bond donors (Lipinski definition) is 2. The SMILES string of the molecule is CN(C)CCN(C(=O)Nc1cc(F)cc(F)c1)[C@H]1CC[C@](O)(c2cccc(C#N)c2)CC1. The van der Waals surface area contributed by atoms with Crippen molar-refractivity contribution in [1.82, 2.24) is 9.80 Å². The molecule has 0 radical (unpaired) electrons. The highest BCUT2D eigenvalue weighted by Crippen LogP contribution is 2.39. The Morgan fingerprint density at radius 1 is 1.16 bits per heavy atom. The van der Waals surface area contributed by atoms with E-state index in [-0.39, 0.29) is 11.7 Å². The van der Waals surface area contributed by atoms with Crippen LogP contribution in [-0.2, 0) is 5.60 Å². The summed E-state index contributed by atoms with van der Waals surface area (Å²) >= 11 is 0. The topological polar surface area (TPSA) is 79.6 Å². The van der Waals surface area contributed by atoms with Crippen molar-refractivity contribution < 1.29 is 18.7 Å². The number of anilines is 1. The van der Waals surface area contributed by atoms with Gasteiger partial charge in [-0.3, -0.25) is 0 Å². The van der Waals surface area contributed by atoms with Crippen LogP contribution in [0.5, 0.6) is 0 Å². The lowest BCUT2D eigenvalue weighted by atomic mass is 9.77. The summed E-state index contributed by atoms with van der Waals surface area (Å²) in [6, 6.07) is 11.4. The summed E-state index contributed by atoms with van der Waals surface area (Å²) in [7, 11) is 3.81. The number of aliphatic hydroxyl groups is 1. The average molecular weight is 443 g/mol. The van der Waals surface area contributed by atoms with Crippen molar-refractivity contribution in [1.29, 1.82) is 5.26 Å². The zero-order chi connectivity index (χ0) is 23.3. The number of carbonyl (C=O) groups is 1. The quantitative estimate of drug-likeness (QED) is 0.707. The van der Waals surface area contributed by atoms with E-state index in [2.05, 4.69) is 11.4 Å². The van der Waals surface area contributed by atoms with Crippen LogP contribution >= 0.6 is 0 Å². The maximum Gasteiger partial charge on any atom is 0.322 e. The van der Waals surface area contributed by atoms with Gasteiger partial charge in [-0.25, -0.2) is 13.6 Å². The Labute approximate surface area is 187 Å². The van der Waals surface area contributed by atoms with Gasteiger partial charge in [-0.05, 0) is 69.6 Å². The van der Waals surface area contributed by atoms with Gasteiger partial charge in [0.05, 0.1) is 17.2 Å². The van der Waals surface area contributed by atoms with Crippen LogP contribution in [0.25, 0.3) is 0 Å². The third-order valence-corrected chi connectivity index (χ3v) is 5.91. The van der Waals surface area contributed by atoms with Gasteiger partial charge in [0, 0.05) is 30.9 Å². The van der Waals surface area contributed by atoms with Crippen molar-refractivity contribution in [2.24, 2.45) is 0 Å². The Morgan fingerprint density at radius 2 is 1.81 bits per heavy atom. The molecule has 2 aromatic carbocycles. The molecule has 0 unspecified atom stereocenters. The van der Waals surface area contributed by atoms with E-state index in [4.69, 9.17) is 5.26 Å². The first kappa shape index (κ1) is 23.6. The van der Waals surface area contributed by atoms with E-state index in [0.29, 0.717) is 49.9 Å². The first-order valence-corrected chi connectivity index (χ1v) is 10.6. The Kier molecular flexibility index (Phi) is 7.44. The van der Waals surface area contributed by atoms with Gasteiger partial charge in [-0.2, -0.15) is 5.26 Å². The molecule has 0 aromatic heterocycles. The number of halogens is 2. The number of nitrogens with one attached hydrogen (secondary N) is 1. The first-order valence-electron chi connectivity index (χ1n) is 10.6. The standard InChI is InChI=1S/C24H28F2N4O2/c1-29(2)10-11-30(23(31)28-21-14-19(25)13-20(26)15-21)22-6-8-24(32,9-7-22)18-5-3-4-17(12-18)16-27/h3-5,12-15,22,32H,6-11H2,1-2H3,(H,28,31)/t22-,24+. The van der Waals surface area contributed by atoms with Crippen LogP contribution in [0.2, 0.25) is 0 Å². The molecule has 2 N–H and O–H groups in total. The summed E-state index contributed by atoms with van der Waals surface area (Å²) < 4.78 is 27.1. The van der Waals surface area contributed by atoms with Gasteiger partial charge in [0.15, 0.2) is 0 Å². The highest BCUT2D eigenvalue weighted by molar-refractivity contribution is 5.89. The van der Waals surface area contributed by atoms with Crippen LogP contribution in [0.15, 0.2) is 42.5 Å². The molecule has 0 saturated heterocycles. The Morgan fingerprint density at radius 3 is 2.41 bits per heavy atom. The van der Waals surface area contributed by atoms with E-state index >= 15 is 0 Å². The molecular weight excluding hydrogens is 414 g/mol. The van der Waals surface area contributed by atoms with E-state index in [9.17, 15) is 18.7 Å². The van der Waals surface area contributed by atoms with Crippen molar-refractivity contribution in [3.05, 3.63) is 65.2 Å². The number of rotatable bonds is 6. The van der Waals surface area contributed by atoms with Gasteiger partial charge in [-0.1, -0.05) is 12.1 Å². The number of amides is 2. The molecule has 2 aromatic rings. The molecule has 170 valence electrons. The van der Waals surface area contributed by atoms with Crippen molar-refractivity contribution in [2.75, 3.05) is 32.5 Å². The molecular formula is C24H28F2N4O2. The average Bonchev–Trinajstić information content (AvgIpc) is 2.74. The van der Waals surface area contributed by atoms with Gasteiger partial charge in [0.25, 0.3) is 0 Å². The molecule has 0 atom stereocenters. The molecule has 32 heavy (non-hydrogen) atoms. The van der Waals surface area contributed by atoms with Crippen LogP contribution < -0.4 is 5.32 Å². The minimum absolute atomic E-state index is 0.0583. The van der Waals surface area contributed by atoms with Crippen LogP contribution in [0.3, 0.4) is 0 Å². The van der Waals surface area contributed by atoms with Crippen LogP contribution in [0.4, 0.5) is 19.3 Å². The summed E-state index contributed by atoms with van der Waals surface area (Å²) in [4.78, 5) is 16.6. The highest BCUT2D eigenvalue weighted by atomic mass is 19.1. The first-order chi connectivity index (χ1) is 15.2. The lowest BCUT2D eigenvalue weighted by molar-refractivity contribution is -0.0196. The van der Waals surface area contributed by atoms with Gasteiger partial charge >= 0.3 is 6.03 Å². The maximum atomic E-state index is 13.5. The molecule has 3 rings (SSSR count). The Bertz CT molecular complexity index is 977. The second-order valence-electron chi connectivity index (χ2n) is 8.54. The molecule has 6 nitrogen and oxygen atoms in total. The summed E-state index contributed by atoms with van der Waals surface area (Å²) in [5.74, 6) is -1.52. The molecule has 0 heterocycles. The molecule has 1 aliphatic carbocycles. The van der Waals surface area contributed by atoms with Crippen molar-refractivity contribution in [2.45, 2.75) is 37.3 Å². The zero-order valence-corrected chi connectivity index (χ0v) is 18.3. The maximum absolute atomic E-state index is 13.5. The Hall–Kier alpha value is -3.02. The monoisotopic (exact) mass is 442 g/mol. The number of likely N-dealkylation sites (N-methyl/N-ethyl adjacent to an activating group) is 1. The summed E-state index contributed by atoms with van der Waals surface area (Å²) in [5.41, 5.74) is 0.198. The minimum Gasteiger partial charge on any atom is -0.385 e. The molecule has 1 fully saturated rings. The predicted molar refractivity (Wildman–Crippen MR) is 118 cm³/mol. The number of carbonyl (C=O) groups excluding carboxylic acids is 1. The van der Waals surface area contributed by atoms with E-state index in [1.54, 1.807) is 23.1 Å². The molecule has 0 bridgehead atoms. The Balaban J connectivity index is 1.73. The zero-order valence-electron chi connectivity index (χ0n) is 18.3. The van der Waals surface area contributed by atoms with Gasteiger partial charge < -0.3 is 20.2 Å². The summed E-state index contributed by atoms with van der Waals surface area (Å²) in [6.07, 6.45) is 2.00. The van der Waals surface area contributed by atoms with Crippen LogP contribution in [0, 0.1) is 23.0 Å². The van der Waals surface area contributed by atoms with Crippen LogP contribution in [-0.4, -0.2) is 54.2 Å². The number of benzene rings is 2. The third kappa shape index (κ3) is 5.81. The van der Waals surface area contributed by atoms with Crippen LogP contribution in [0.1, 0.15) is 36.8 Å². The second-order valence-corrected chi connectivity index (χ2v) is 8.54. The van der Waals surface area contributed by atoms with Gasteiger partial charge in [0.1, 0.15) is 11.6 Å². The fourth-order valence-corrected chi connectivity index (χ4v) is 4.14. The largest absolute Gasteiger partial charge is 0.385 e. The molecule has 2 amide bonds. The number of nitriles is 1. The molecule has 0 spiro atoms. The molecule has 1 aliphatic rings. The van der Waals surface area contributed by atoms with E-state index in [0.717, 1.165) is 18.2 Å². The van der Waals surface area contributed by atoms with Crippen molar-refractivity contribution >= 4 is 11.7 Å². The predicted octanol–water partition coefficient (Wildman–Crippen LogP) is 4.06. The number of hydrogen-bond acceptors (Lipinski definition) is 4. The summed E-state index contributed by atoms with van der Waals surface area (Å²) in [5, 5.41) is 22.9. The summed E-state index contributed by atoms with van der Waals surface area (Å²) in [6.45, 7) is 1.06. The normalized spacial score (nSPS) is 20.6. The number of nitrogens with zero attached hydrogens (tertiary/aromatic N) is 3. The lowest BCUT2D eigenvalue weighted by Crippen LogP contribution is -2.49. The van der Waals surface area contributed by atoms with E-state index in [1.807, 2.05) is 25.1 Å². The van der Waals surface area contributed by atoms with E-state index < -0.39 is 23.3 Å². The molecule has 8 heteroatoms. The number of urea groups is 1. The van der Waals surface area contributed by atoms with Gasteiger partial charge in [0.2, 0.25) is 0 Å². The van der Waals surface area contributed by atoms with Crippen molar-refractivity contribution in [3.63, 3.8) is 0 Å². The fraction of sp³-hybridized carbons (Fsp3) is 0.417. The second kappa shape index (κ2) is 10.1. The molecule has 0 aliphatic heterocycles.